The second-order valence-corrected chi connectivity index (χ2v) is 4.60. The Balaban J connectivity index is 2.80. The van der Waals surface area contributed by atoms with Gasteiger partial charge >= 0.3 is 0 Å². The molecule has 3 nitrogen and oxygen atoms in total. The lowest BCUT2D eigenvalue weighted by atomic mass is 9.96. The average Bonchev–Trinajstić information content (AvgIpc) is 2.38. The summed E-state index contributed by atoms with van der Waals surface area (Å²) in [6.07, 6.45) is 2.17. The van der Waals surface area contributed by atoms with Gasteiger partial charge in [0.05, 0.1) is 12.8 Å². The van der Waals surface area contributed by atoms with E-state index in [-0.39, 0.29) is 11.9 Å². The van der Waals surface area contributed by atoms with Crippen LogP contribution < -0.4 is 15.8 Å². The van der Waals surface area contributed by atoms with E-state index in [1.807, 2.05) is 0 Å². The molecule has 0 saturated heterocycles. The van der Waals surface area contributed by atoms with Crippen LogP contribution in [0.25, 0.3) is 0 Å². The first-order valence-corrected chi connectivity index (χ1v) is 6.42. The molecule has 1 aromatic rings. The minimum Gasteiger partial charge on any atom is -0.497 e. The van der Waals surface area contributed by atoms with Crippen molar-refractivity contribution in [1.29, 1.82) is 0 Å². The Morgan fingerprint density at radius 2 is 2.17 bits per heavy atom. The molecule has 2 atom stereocenters. The molecule has 0 aromatic heterocycles. The molecule has 2 unspecified atom stereocenters. The van der Waals surface area contributed by atoms with Crippen LogP contribution in [0.2, 0.25) is 0 Å². The van der Waals surface area contributed by atoms with Gasteiger partial charge in [0.1, 0.15) is 11.6 Å². The molecule has 4 heteroatoms. The van der Waals surface area contributed by atoms with Gasteiger partial charge in [-0.15, -0.1) is 0 Å². The highest BCUT2D eigenvalue weighted by Crippen LogP contribution is 2.23. The van der Waals surface area contributed by atoms with Gasteiger partial charge in [0.25, 0.3) is 0 Å². The van der Waals surface area contributed by atoms with Crippen molar-refractivity contribution in [2.45, 2.75) is 32.7 Å². The van der Waals surface area contributed by atoms with Gasteiger partial charge in [0, 0.05) is 18.7 Å². The van der Waals surface area contributed by atoms with Crippen molar-refractivity contribution >= 4 is 5.69 Å². The van der Waals surface area contributed by atoms with E-state index in [0.717, 1.165) is 12.8 Å². The van der Waals surface area contributed by atoms with Gasteiger partial charge in [0.2, 0.25) is 0 Å². The summed E-state index contributed by atoms with van der Waals surface area (Å²) in [5.41, 5.74) is 6.21. The van der Waals surface area contributed by atoms with Crippen LogP contribution in [0.1, 0.15) is 26.7 Å². The van der Waals surface area contributed by atoms with Crippen LogP contribution in [0.15, 0.2) is 18.2 Å². The first-order valence-electron chi connectivity index (χ1n) is 6.42. The number of halogens is 1. The van der Waals surface area contributed by atoms with Crippen molar-refractivity contribution in [2.75, 3.05) is 19.0 Å². The largest absolute Gasteiger partial charge is 0.497 e. The summed E-state index contributed by atoms with van der Waals surface area (Å²) in [5, 5.41) is 3.18. The summed E-state index contributed by atoms with van der Waals surface area (Å²) in [6.45, 7) is 4.75. The second-order valence-electron chi connectivity index (χ2n) is 4.60. The van der Waals surface area contributed by atoms with Crippen molar-refractivity contribution in [1.82, 2.24) is 0 Å². The molecule has 0 aliphatic heterocycles. The molecule has 102 valence electrons. The summed E-state index contributed by atoms with van der Waals surface area (Å²) >= 11 is 0. The third kappa shape index (κ3) is 3.88. The molecule has 0 spiro atoms. The first kappa shape index (κ1) is 14.8. The highest BCUT2D eigenvalue weighted by molar-refractivity contribution is 5.50. The lowest BCUT2D eigenvalue weighted by Gasteiger charge is -2.25. The van der Waals surface area contributed by atoms with Crippen LogP contribution in [0.4, 0.5) is 10.1 Å². The summed E-state index contributed by atoms with van der Waals surface area (Å²) < 4.78 is 18.8. The fraction of sp³-hybridized carbons (Fsp3) is 0.571. The van der Waals surface area contributed by atoms with Crippen LogP contribution >= 0.6 is 0 Å². The van der Waals surface area contributed by atoms with E-state index in [1.165, 1.54) is 6.07 Å². The van der Waals surface area contributed by atoms with Gasteiger partial charge in [-0.05, 0) is 24.5 Å². The zero-order valence-electron chi connectivity index (χ0n) is 11.4. The topological polar surface area (TPSA) is 47.3 Å². The minimum atomic E-state index is -0.280. The van der Waals surface area contributed by atoms with Crippen molar-refractivity contribution in [3.05, 3.63) is 24.0 Å². The van der Waals surface area contributed by atoms with Crippen molar-refractivity contribution in [2.24, 2.45) is 11.7 Å². The van der Waals surface area contributed by atoms with E-state index in [2.05, 4.69) is 19.2 Å². The maximum Gasteiger partial charge on any atom is 0.146 e. The minimum absolute atomic E-state index is 0.0755. The summed E-state index contributed by atoms with van der Waals surface area (Å²) in [4.78, 5) is 0. The Morgan fingerprint density at radius 1 is 1.44 bits per heavy atom. The molecule has 1 aromatic carbocycles. The van der Waals surface area contributed by atoms with Crippen LogP contribution in [-0.2, 0) is 0 Å². The van der Waals surface area contributed by atoms with Crippen molar-refractivity contribution in [3.63, 3.8) is 0 Å². The molecule has 1 rings (SSSR count). The number of ether oxygens (including phenoxy) is 1. The fourth-order valence-corrected chi connectivity index (χ4v) is 2.03. The van der Waals surface area contributed by atoms with E-state index < -0.39 is 0 Å². The SMILES string of the molecule is CCCC(C)C(CN)Nc1cc(OC)ccc1F. The van der Waals surface area contributed by atoms with Crippen molar-refractivity contribution < 1.29 is 9.13 Å². The molecule has 0 heterocycles. The normalized spacial score (nSPS) is 14.1. The smallest absolute Gasteiger partial charge is 0.146 e. The summed E-state index contributed by atoms with van der Waals surface area (Å²) in [7, 11) is 1.57. The van der Waals surface area contributed by atoms with E-state index in [0.29, 0.717) is 23.9 Å². The third-order valence-corrected chi connectivity index (χ3v) is 3.20. The predicted molar refractivity (Wildman–Crippen MR) is 73.5 cm³/mol. The fourth-order valence-electron chi connectivity index (χ4n) is 2.03. The van der Waals surface area contributed by atoms with E-state index in [4.69, 9.17) is 10.5 Å². The number of nitrogens with one attached hydrogen (secondary N) is 1. The van der Waals surface area contributed by atoms with E-state index in [1.54, 1.807) is 19.2 Å². The predicted octanol–water partition coefficient (Wildman–Crippen LogP) is 3.01. The molecule has 0 saturated carbocycles. The maximum absolute atomic E-state index is 13.7. The van der Waals surface area contributed by atoms with Gasteiger partial charge in [-0.1, -0.05) is 20.3 Å². The molecular weight excluding hydrogens is 231 g/mol. The quantitative estimate of drug-likeness (QED) is 0.786. The number of hydrogen-bond donors (Lipinski definition) is 2. The molecule has 0 bridgehead atoms. The monoisotopic (exact) mass is 254 g/mol. The zero-order valence-corrected chi connectivity index (χ0v) is 11.4. The Bertz CT molecular complexity index is 371. The highest BCUT2D eigenvalue weighted by atomic mass is 19.1. The zero-order chi connectivity index (χ0) is 13.5. The Kier molecular flexibility index (Phi) is 5.92. The first-order chi connectivity index (χ1) is 8.62. The molecule has 0 aliphatic carbocycles. The maximum atomic E-state index is 13.7. The van der Waals surface area contributed by atoms with Crippen LogP contribution in [0, 0.1) is 11.7 Å². The Morgan fingerprint density at radius 3 is 2.72 bits per heavy atom. The summed E-state index contributed by atoms with van der Waals surface area (Å²) in [5.74, 6) is 0.765. The van der Waals surface area contributed by atoms with Gasteiger partial charge < -0.3 is 15.8 Å². The standard InChI is InChI=1S/C14H23FN2O/c1-4-5-10(2)14(9-16)17-13-8-11(18-3)6-7-12(13)15/h6-8,10,14,17H,4-5,9,16H2,1-3H3. The van der Waals surface area contributed by atoms with Crippen LogP contribution in [0.5, 0.6) is 5.75 Å². The molecule has 0 aliphatic rings. The molecule has 18 heavy (non-hydrogen) atoms. The van der Waals surface area contributed by atoms with E-state index >= 15 is 0 Å². The molecule has 0 amide bonds. The number of anilines is 1. The van der Waals surface area contributed by atoms with Crippen molar-refractivity contribution in [3.8, 4) is 5.75 Å². The Hall–Kier alpha value is -1.29. The third-order valence-electron chi connectivity index (χ3n) is 3.20. The molecule has 3 N–H and O–H groups in total. The number of nitrogens with two attached hydrogens (primary N) is 1. The lowest BCUT2D eigenvalue weighted by molar-refractivity contribution is 0.413. The van der Waals surface area contributed by atoms with Gasteiger partial charge in [-0.25, -0.2) is 4.39 Å². The highest BCUT2D eigenvalue weighted by Gasteiger charge is 2.16. The Labute approximate surface area is 109 Å². The number of benzene rings is 1. The average molecular weight is 254 g/mol. The second kappa shape index (κ2) is 7.21. The number of methoxy groups -OCH3 is 1. The lowest BCUT2D eigenvalue weighted by Crippen LogP contribution is -2.35. The summed E-state index contributed by atoms with van der Waals surface area (Å²) in [6, 6.07) is 4.75. The molecule has 0 fully saturated rings. The number of rotatable bonds is 7. The van der Waals surface area contributed by atoms with Crippen LogP contribution in [-0.4, -0.2) is 19.7 Å². The van der Waals surface area contributed by atoms with Gasteiger partial charge in [-0.3, -0.25) is 0 Å². The number of hydrogen-bond acceptors (Lipinski definition) is 3. The van der Waals surface area contributed by atoms with Gasteiger partial charge in [-0.2, -0.15) is 0 Å². The van der Waals surface area contributed by atoms with E-state index in [9.17, 15) is 4.39 Å². The molecular formula is C14H23FN2O. The van der Waals surface area contributed by atoms with Crippen LogP contribution in [0.3, 0.4) is 0 Å². The molecule has 0 radical (unpaired) electrons. The van der Waals surface area contributed by atoms with Gasteiger partial charge in [0.15, 0.2) is 0 Å².